The van der Waals surface area contributed by atoms with Gasteiger partial charge in [0.15, 0.2) is 0 Å². The third-order valence-electron chi connectivity index (χ3n) is 1.89. The minimum Gasteiger partial charge on any atom is -0.488 e. The van der Waals surface area contributed by atoms with Gasteiger partial charge in [0.25, 0.3) is 0 Å². The molecule has 0 N–H and O–H groups in total. The SMILES string of the molecule is C=CCOc1ccc(CCC)cc1Cl. The summed E-state index contributed by atoms with van der Waals surface area (Å²) in [5.41, 5.74) is 1.25. The molecule has 2 heteroatoms. The first-order valence-corrected chi connectivity index (χ1v) is 5.17. The molecule has 0 unspecified atom stereocenters. The van der Waals surface area contributed by atoms with Gasteiger partial charge in [-0.25, -0.2) is 0 Å². The first-order valence-electron chi connectivity index (χ1n) is 4.80. The van der Waals surface area contributed by atoms with E-state index >= 15 is 0 Å². The number of rotatable bonds is 5. The molecule has 1 aromatic carbocycles. The van der Waals surface area contributed by atoms with E-state index in [0.29, 0.717) is 11.6 Å². The van der Waals surface area contributed by atoms with Crippen LogP contribution in [0.15, 0.2) is 30.9 Å². The molecule has 0 aliphatic carbocycles. The van der Waals surface area contributed by atoms with E-state index in [0.717, 1.165) is 18.6 Å². The van der Waals surface area contributed by atoms with E-state index in [4.69, 9.17) is 16.3 Å². The molecule has 0 saturated heterocycles. The second-order valence-corrected chi connectivity index (χ2v) is 3.52. The van der Waals surface area contributed by atoms with Crippen LogP contribution < -0.4 is 4.74 Å². The average Bonchev–Trinajstić information content (AvgIpc) is 2.17. The van der Waals surface area contributed by atoms with E-state index in [9.17, 15) is 0 Å². The van der Waals surface area contributed by atoms with Crippen molar-refractivity contribution in [3.8, 4) is 5.75 Å². The Labute approximate surface area is 90.3 Å². The van der Waals surface area contributed by atoms with Crippen LogP contribution in [0.1, 0.15) is 18.9 Å². The van der Waals surface area contributed by atoms with Crippen molar-refractivity contribution >= 4 is 11.6 Å². The molecular weight excluding hydrogens is 196 g/mol. The summed E-state index contributed by atoms with van der Waals surface area (Å²) in [5, 5.41) is 0.679. The molecular formula is C12H15ClO. The fraction of sp³-hybridized carbons (Fsp3) is 0.333. The van der Waals surface area contributed by atoms with Gasteiger partial charge in [-0.3, -0.25) is 0 Å². The maximum absolute atomic E-state index is 6.04. The van der Waals surface area contributed by atoms with Crippen LogP contribution in [0.25, 0.3) is 0 Å². The molecule has 76 valence electrons. The van der Waals surface area contributed by atoms with Gasteiger partial charge in [0.2, 0.25) is 0 Å². The van der Waals surface area contributed by atoms with Crippen molar-refractivity contribution in [1.82, 2.24) is 0 Å². The summed E-state index contributed by atoms with van der Waals surface area (Å²) in [5.74, 6) is 0.728. The molecule has 0 atom stereocenters. The molecule has 0 amide bonds. The molecule has 0 bridgehead atoms. The van der Waals surface area contributed by atoms with Gasteiger partial charge in [0, 0.05) is 0 Å². The van der Waals surface area contributed by atoms with E-state index in [1.807, 2.05) is 18.2 Å². The van der Waals surface area contributed by atoms with Gasteiger partial charge in [-0.2, -0.15) is 0 Å². The van der Waals surface area contributed by atoms with Crippen molar-refractivity contribution in [3.63, 3.8) is 0 Å². The van der Waals surface area contributed by atoms with Crippen LogP contribution in [0.2, 0.25) is 5.02 Å². The zero-order valence-corrected chi connectivity index (χ0v) is 9.18. The Balaban J connectivity index is 2.73. The molecule has 1 nitrogen and oxygen atoms in total. The number of hydrogen-bond acceptors (Lipinski definition) is 1. The summed E-state index contributed by atoms with van der Waals surface area (Å²) >= 11 is 6.04. The van der Waals surface area contributed by atoms with Crippen LogP contribution in [-0.2, 0) is 6.42 Å². The summed E-state index contributed by atoms with van der Waals surface area (Å²) in [6, 6.07) is 5.92. The largest absolute Gasteiger partial charge is 0.488 e. The van der Waals surface area contributed by atoms with E-state index in [1.54, 1.807) is 6.08 Å². The highest BCUT2D eigenvalue weighted by Crippen LogP contribution is 2.25. The highest BCUT2D eigenvalue weighted by atomic mass is 35.5. The summed E-state index contributed by atoms with van der Waals surface area (Å²) in [6.45, 7) is 6.23. The summed E-state index contributed by atoms with van der Waals surface area (Å²) in [6.07, 6.45) is 3.89. The number of benzene rings is 1. The van der Waals surface area contributed by atoms with Crippen molar-refractivity contribution in [2.45, 2.75) is 19.8 Å². The molecule has 1 aromatic rings. The average molecular weight is 211 g/mol. The van der Waals surface area contributed by atoms with Gasteiger partial charge in [-0.05, 0) is 24.1 Å². The lowest BCUT2D eigenvalue weighted by molar-refractivity contribution is 0.363. The minimum atomic E-state index is 0.493. The van der Waals surface area contributed by atoms with Gasteiger partial charge in [0.1, 0.15) is 12.4 Å². The second kappa shape index (κ2) is 5.71. The summed E-state index contributed by atoms with van der Waals surface area (Å²) in [7, 11) is 0. The predicted octanol–water partition coefficient (Wildman–Crippen LogP) is 3.86. The Morgan fingerprint density at radius 1 is 1.50 bits per heavy atom. The Morgan fingerprint density at radius 2 is 2.29 bits per heavy atom. The highest BCUT2D eigenvalue weighted by molar-refractivity contribution is 6.32. The molecule has 0 heterocycles. The molecule has 0 fully saturated rings. The van der Waals surface area contributed by atoms with Crippen LogP contribution in [0.5, 0.6) is 5.75 Å². The maximum Gasteiger partial charge on any atom is 0.138 e. The number of aryl methyl sites for hydroxylation is 1. The summed E-state index contributed by atoms with van der Waals surface area (Å²) in [4.78, 5) is 0. The Hall–Kier alpha value is -0.950. The van der Waals surface area contributed by atoms with Gasteiger partial charge >= 0.3 is 0 Å². The van der Waals surface area contributed by atoms with E-state index < -0.39 is 0 Å². The van der Waals surface area contributed by atoms with E-state index in [1.165, 1.54) is 5.56 Å². The van der Waals surface area contributed by atoms with Crippen LogP contribution in [0.3, 0.4) is 0 Å². The number of hydrogen-bond donors (Lipinski definition) is 0. The van der Waals surface area contributed by atoms with Crippen molar-refractivity contribution in [3.05, 3.63) is 41.4 Å². The third kappa shape index (κ3) is 3.08. The zero-order chi connectivity index (χ0) is 10.4. The van der Waals surface area contributed by atoms with Crippen molar-refractivity contribution in [2.24, 2.45) is 0 Å². The van der Waals surface area contributed by atoms with Crippen LogP contribution in [-0.4, -0.2) is 6.61 Å². The lowest BCUT2D eigenvalue weighted by atomic mass is 10.1. The first-order chi connectivity index (χ1) is 6.77. The second-order valence-electron chi connectivity index (χ2n) is 3.11. The minimum absolute atomic E-state index is 0.493. The van der Waals surface area contributed by atoms with Crippen LogP contribution in [0.4, 0.5) is 0 Å². The van der Waals surface area contributed by atoms with Crippen LogP contribution in [0, 0.1) is 0 Å². The monoisotopic (exact) mass is 210 g/mol. The van der Waals surface area contributed by atoms with Crippen LogP contribution >= 0.6 is 11.6 Å². The maximum atomic E-state index is 6.04. The standard InChI is InChI=1S/C12H15ClO/c1-3-5-10-6-7-12(11(13)9-10)14-8-4-2/h4,6-7,9H,2-3,5,8H2,1H3. The third-order valence-corrected chi connectivity index (χ3v) is 2.19. The highest BCUT2D eigenvalue weighted by Gasteiger charge is 2.01. The fourth-order valence-electron chi connectivity index (χ4n) is 1.25. The number of ether oxygens (including phenoxy) is 1. The Bertz CT molecular complexity index is 307. The first kappa shape index (κ1) is 11.1. The molecule has 0 spiro atoms. The van der Waals surface area contributed by atoms with Gasteiger partial charge in [0.05, 0.1) is 5.02 Å². The molecule has 0 radical (unpaired) electrons. The molecule has 0 saturated carbocycles. The predicted molar refractivity (Wildman–Crippen MR) is 61.1 cm³/mol. The van der Waals surface area contributed by atoms with E-state index in [2.05, 4.69) is 13.5 Å². The van der Waals surface area contributed by atoms with Gasteiger partial charge in [-0.1, -0.05) is 43.7 Å². The zero-order valence-electron chi connectivity index (χ0n) is 8.42. The van der Waals surface area contributed by atoms with Gasteiger partial charge < -0.3 is 4.74 Å². The van der Waals surface area contributed by atoms with Gasteiger partial charge in [-0.15, -0.1) is 0 Å². The Morgan fingerprint density at radius 3 is 2.86 bits per heavy atom. The fourth-order valence-corrected chi connectivity index (χ4v) is 1.51. The molecule has 0 aliphatic heterocycles. The lowest BCUT2D eigenvalue weighted by Crippen LogP contribution is -1.94. The van der Waals surface area contributed by atoms with Crippen molar-refractivity contribution < 1.29 is 4.74 Å². The Kier molecular flexibility index (Phi) is 4.54. The molecule has 1 rings (SSSR count). The number of halogens is 1. The smallest absolute Gasteiger partial charge is 0.138 e. The lowest BCUT2D eigenvalue weighted by Gasteiger charge is -2.07. The topological polar surface area (TPSA) is 9.23 Å². The quantitative estimate of drug-likeness (QED) is 0.671. The van der Waals surface area contributed by atoms with Crippen molar-refractivity contribution in [2.75, 3.05) is 6.61 Å². The molecule has 0 aromatic heterocycles. The normalized spacial score (nSPS) is 9.86. The molecule has 0 aliphatic rings. The van der Waals surface area contributed by atoms with Crippen molar-refractivity contribution in [1.29, 1.82) is 0 Å². The van der Waals surface area contributed by atoms with E-state index in [-0.39, 0.29) is 0 Å². The summed E-state index contributed by atoms with van der Waals surface area (Å²) < 4.78 is 5.37. The molecule has 14 heavy (non-hydrogen) atoms.